The summed E-state index contributed by atoms with van der Waals surface area (Å²) in [5.41, 5.74) is 2.51. The number of hydrogen-bond donors (Lipinski definition) is 1. The molecule has 3 rings (SSSR count). The van der Waals surface area contributed by atoms with Gasteiger partial charge in [-0.3, -0.25) is 0 Å². The Morgan fingerprint density at radius 3 is 2.40 bits per heavy atom. The average molecular weight is 474 g/mol. The second kappa shape index (κ2) is 10.6. The average Bonchev–Trinajstić information content (AvgIpc) is 3.15. The molecule has 1 aliphatic rings. The van der Waals surface area contributed by atoms with Crippen LogP contribution in [0.5, 0.6) is 0 Å². The molecule has 0 bridgehead atoms. The summed E-state index contributed by atoms with van der Waals surface area (Å²) in [5, 5.41) is 20.5. The van der Waals surface area contributed by atoms with Crippen LogP contribution in [-0.4, -0.2) is 32.3 Å². The SMILES string of the molecule is CCCCc1nc(C(C)(C)O)c(C#N)n1Cc1ccc(C2=CC=CC(=C=O)C2OC(C)(C)C)cc1. The van der Waals surface area contributed by atoms with Gasteiger partial charge >= 0.3 is 0 Å². The van der Waals surface area contributed by atoms with Crippen molar-refractivity contribution in [2.45, 2.75) is 84.7 Å². The Labute approximate surface area is 208 Å². The van der Waals surface area contributed by atoms with E-state index < -0.39 is 17.3 Å². The van der Waals surface area contributed by atoms with Crippen LogP contribution in [0, 0.1) is 11.3 Å². The van der Waals surface area contributed by atoms with Crippen molar-refractivity contribution < 1.29 is 14.6 Å². The fourth-order valence-corrected chi connectivity index (χ4v) is 4.13. The lowest BCUT2D eigenvalue weighted by Crippen LogP contribution is -2.30. The van der Waals surface area contributed by atoms with E-state index in [9.17, 15) is 15.2 Å². The molecule has 0 aliphatic heterocycles. The van der Waals surface area contributed by atoms with Crippen LogP contribution in [0.1, 0.15) is 82.7 Å². The van der Waals surface area contributed by atoms with Crippen LogP contribution < -0.4 is 0 Å². The van der Waals surface area contributed by atoms with Crippen molar-refractivity contribution in [2.75, 3.05) is 0 Å². The van der Waals surface area contributed by atoms with Crippen LogP contribution in [0.15, 0.2) is 48.1 Å². The normalized spacial score (nSPS) is 16.1. The summed E-state index contributed by atoms with van der Waals surface area (Å²) in [6.45, 7) is 11.8. The van der Waals surface area contributed by atoms with Crippen molar-refractivity contribution >= 4 is 11.5 Å². The molecule has 1 aromatic heterocycles. The van der Waals surface area contributed by atoms with Crippen molar-refractivity contribution in [2.24, 2.45) is 0 Å². The van der Waals surface area contributed by atoms with E-state index in [-0.39, 0.29) is 0 Å². The van der Waals surface area contributed by atoms with Crippen molar-refractivity contribution in [1.29, 1.82) is 5.26 Å². The van der Waals surface area contributed by atoms with Crippen LogP contribution in [0.2, 0.25) is 0 Å². The first-order valence-corrected chi connectivity index (χ1v) is 12.1. The fourth-order valence-electron chi connectivity index (χ4n) is 4.13. The van der Waals surface area contributed by atoms with E-state index in [1.807, 2.05) is 67.7 Å². The zero-order valence-electron chi connectivity index (χ0n) is 21.6. The number of nitriles is 1. The highest BCUT2D eigenvalue weighted by Gasteiger charge is 2.29. The molecule has 0 saturated heterocycles. The Bertz CT molecular complexity index is 1210. The zero-order chi connectivity index (χ0) is 25.8. The maximum absolute atomic E-state index is 11.6. The lowest BCUT2D eigenvalue weighted by molar-refractivity contribution is -0.0168. The Morgan fingerprint density at radius 1 is 1.17 bits per heavy atom. The smallest absolute Gasteiger partial charge is 0.146 e. The first-order chi connectivity index (χ1) is 16.5. The van der Waals surface area contributed by atoms with Crippen molar-refractivity contribution in [1.82, 2.24) is 9.55 Å². The summed E-state index contributed by atoms with van der Waals surface area (Å²) in [6.07, 6.45) is 7.77. The molecule has 1 aliphatic carbocycles. The Hall–Kier alpha value is -3.23. The molecule has 1 unspecified atom stereocenters. The Morgan fingerprint density at radius 2 is 1.86 bits per heavy atom. The third-order valence-electron chi connectivity index (χ3n) is 5.82. The number of benzene rings is 1. The van der Waals surface area contributed by atoms with Gasteiger partial charge in [0.25, 0.3) is 0 Å². The number of ether oxygens (including phenoxy) is 1. The number of aryl methyl sites for hydroxylation is 1. The van der Waals surface area contributed by atoms with E-state index >= 15 is 0 Å². The molecule has 1 N–H and O–H groups in total. The molecule has 6 heteroatoms. The fraction of sp³-hybridized carbons (Fsp3) is 0.448. The molecule has 1 atom stereocenters. The predicted molar refractivity (Wildman–Crippen MR) is 137 cm³/mol. The summed E-state index contributed by atoms with van der Waals surface area (Å²) in [5.74, 6) is 2.83. The van der Waals surface area contributed by atoms with Gasteiger partial charge < -0.3 is 14.4 Å². The molecule has 35 heavy (non-hydrogen) atoms. The summed E-state index contributed by atoms with van der Waals surface area (Å²) < 4.78 is 8.12. The molecule has 1 aromatic carbocycles. The lowest BCUT2D eigenvalue weighted by atomic mass is 9.90. The van der Waals surface area contributed by atoms with Crippen LogP contribution in [0.25, 0.3) is 5.57 Å². The van der Waals surface area contributed by atoms with Gasteiger partial charge in [0.2, 0.25) is 0 Å². The van der Waals surface area contributed by atoms with Gasteiger partial charge in [0.15, 0.2) is 0 Å². The maximum atomic E-state index is 11.6. The van der Waals surface area contributed by atoms with Gasteiger partial charge in [0, 0.05) is 13.0 Å². The van der Waals surface area contributed by atoms with Gasteiger partial charge in [-0.25, -0.2) is 9.78 Å². The quantitative estimate of drug-likeness (QED) is 0.528. The maximum Gasteiger partial charge on any atom is 0.146 e. The van der Waals surface area contributed by atoms with E-state index in [1.54, 1.807) is 19.9 Å². The molecule has 0 saturated carbocycles. The van der Waals surface area contributed by atoms with Gasteiger partial charge in [-0.15, -0.1) is 0 Å². The van der Waals surface area contributed by atoms with E-state index in [1.165, 1.54) is 0 Å². The second-order valence-corrected chi connectivity index (χ2v) is 10.4. The highest BCUT2D eigenvalue weighted by molar-refractivity contribution is 5.80. The molecule has 6 nitrogen and oxygen atoms in total. The van der Waals surface area contributed by atoms with E-state index in [0.29, 0.717) is 23.5 Å². The zero-order valence-corrected chi connectivity index (χ0v) is 21.6. The third kappa shape index (κ3) is 6.26. The highest BCUT2D eigenvalue weighted by Crippen LogP contribution is 2.32. The lowest BCUT2D eigenvalue weighted by Gasteiger charge is -2.30. The van der Waals surface area contributed by atoms with Gasteiger partial charge in [0.05, 0.1) is 11.2 Å². The van der Waals surface area contributed by atoms with Crippen molar-refractivity contribution in [3.63, 3.8) is 0 Å². The summed E-state index contributed by atoms with van der Waals surface area (Å²) >= 11 is 0. The molecule has 1 heterocycles. The number of rotatable bonds is 8. The monoisotopic (exact) mass is 473 g/mol. The minimum atomic E-state index is -1.20. The largest absolute Gasteiger partial charge is 0.384 e. The standard InChI is InChI=1S/C29H35N3O3/c1-7-8-12-25-31-27(29(5,6)34)24(17-30)32(25)18-20-13-15-21(16-14-20)23-11-9-10-22(19-33)26(23)35-28(2,3)4/h9-11,13-16,26,34H,7-8,12,18H2,1-6H3. The van der Waals surface area contributed by atoms with Crippen LogP contribution >= 0.6 is 0 Å². The summed E-state index contributed by atoms with van der Waals surface area (Å²) in [4.78, 5) is 16.2. The minimum absolute atomic E-state index is 0.396. The number of unbranched alkanes of at least 4 members (excludes halogenated alkanes) is 1. The second-order valence-electron chi connectivity index (χ2n) is 10.4. The number of imidazole rings is 1. The molecule has 2 aromatic rings. The molecule has 0 fully saturated rings. The summed E-state index contributed by atoms with van der Waals surface area (Å²) in [7, 11) is 0. The molecule has 0 spiro atoms. The van der Waals surface area contributed by atoms with Gasteiger partial charge in [-0.2, -0.15) is 5.26 Å². The number of carbonyl (C=O) groups excluding carboxylic acids is 1. The topological polar surface area (TPSA) is 88.1 Å². The Kier molecular flexibility index (Phi) is 7.97. The van der Waals surface area contributed by atoms with Crippen molar-refractivity contribution in [3.05, 3.63) is 76.4 Å². The summed E-state index contributed by atoms with van der Waals surface area (Å²) in [6, 6.07) is 10.3. The van der Waals surface area contributed by atoms with Crippen LogP contribution in [0.3, 0.4) is 0 Å². The van der Waals surface area contributed by atoms with Gasteiger partial charge in [-0.1, -0.05) is 49.8 Å². The van der Waals surface area contributed by atoms with Gasteiger partial charge in [-0.05, 0) is 63.8 Å². The third-order valence-corrected chi connectivity index (χ3v) is 5.82. The number of allylic oxidation sites excluding steroid dienone is 2. The van der Waals surface area contributed by atoms with E-state index in [4.69, 9.17) is 4.74 Å². The number of hydrogen-bond acceptors (Lipinski definition) is 5. The van der Waals surface area contributed by atoms with Crippen LogP contribution in [-0.2, 0) is 28.1 Å². The number of aliphatic hydroxyl groups is 1. The van der Waals surface area contributed by atoms with E-state index in [0.717, 1.165) is 41.8 Å². The van der Waals surface area contributed by atoms with Crippen LogP contribution in [0.4, 0.5) is 0 Å². The first kappa shape index (κ1) is 26.4. The number of aromatic nitrogens is 2. The molecule has 184 valence electrons. The number of nitrogens with zero attached hydrogens (tertiary/aromatic N) is 3. The van der Waals surface area contributed by atoms with E-state index in [2.05, 4.69) is 18.0 Å². The van der Waals surface area contributed by atoms with Crippen molar-refractivity contribution in [3.8, 4) is 6.07 Å². The first-order valence-electron chi connectivity index (χ1n) is 12.1. The predicted octanol–water partition coefficient (Wildman–Crippen LogP) is 5.27. The minimum Gasteiger partial charge on any atom is -0.384 e. The molecular formula is C29H35N3O3. The molecule has 0 amide bonds. The highest BCUT2D eigenvalue weighted by atomic mass is 16.5. The molecule has 0 radical (unpaired) electrons. The Balaban J connectivity index is 1.95. The molecular weight excluding hydrogens is 438 g/mol. The van der Waals surface area contributed by atoms with Gasteiger partial charge in [0.1, 0.15) is 40.9 Å².